The van der Waals surface area contributed by atoms with E-state index in [0.717, 1.165) is 44.9 Å². The fraction of sp³-hybridized carbons (Fsp3) is 0.826. The third-order valence-corrected chi connectivity index (χ3v) is 9.55. The number of fused-ring (bicyclic) bond motifs is 5. The van der Waals surface area contributed by atoms with Gasteiger partial charge in [-0.1, -0.05) is 6.92 Å². The Morgan fingerprint density at radius 1 is 1.11 bits per heavy atom. The molecule has 8 unspecified atom stereocenters. The molecule has 0 spiro atoms. The highest BCUT2D eigenvalue weighted by molar-refractivity contribution is 5.85. The van der Waals surface area contributed by atoms with Gasteiger partial charge in [0.25, 0.3) is 0 Å². The third kappa shape index (κ3) is 2.44. The van der Waals surface area contributed by atoms with E-state index in [0.29, 0.717) is 36.2 Å². The van der Waals surface area contributed by atoms with E-state index in [9.17, 15) is 14.7 Å². The minimum Gasteiger partial charge on any atom is -0.458 e. The summed E-state index contributed by atoms with van der Waals surface area (Å²) in [4.78, 5) is 24.0. The molecule has 0 saturated heterocycles. The van der Waals surface area contributed by atoms with Crippen LogP contribution in [0.15, 0.2) is 11.6 Å². The van der Waals surface area contributed by atoms with Gasteiger partial charge in [0.1, 0.15) is 12.9 Å². The Hall–Kier alpha value is -1.16. The highest BCUT2D eigenvalue weighted by Crippen LogP contribution is 2.68. The Labute approximate surface area is 161 Å². The van der Waals surface area contributed by atoms with Gasteiger partial charge in [-0.05, 0) is 98.4 Å². The summed E-state index contributed by atoms with van der Waals surface area (Å²) in [6.07, 6.45) is 12.3. The molecule has 0 aromatic rings. The van der Waals surface area contributed by atoms with Crippen LogP contribution in [0.3, 0.4) is 0 Å². The number of cyclic esters (lactones) is 1. The molecule has 8 atom stereocenters. The number of carbonyl (C=O) groups excluding carboxylic acids is 2. The lowest BCUT2D eigenvalue weighted by molar-refractivity contribution is -0.152. The van der Waals surface area contributed by atoms with E-state index in [1.165, 1.54) is 24.7 Å². The molecule has 1 aliphatic heterocycles. The van der Waals surface area contributed by atoms with Crippen LogP contribution in [0.4, 0.5) is 0 Å². The summed E-state index contributed by atoms with van der Waals surface area (Å²) in [7, 11) is 0. The van der Waals surface area contributed by atoms with E-state index in [4.69, 9.17) is 4.74 Å². The molecule has 1 N–H and O–H groups in total. The lowest BCUT2D eigenvalue weighted by Crippen LogP contribution is -2.56. The van der Waals surface area contributed by atoms with Gasteiger partial charge >= 0.3 is 5.97 Å². The molecule has 4 saturated carbocycles. The maximum absolute atomic E-state index is 12.4. The number of aliphatic hydroxyl groups excluding tert-OH is 1. The lowest BCUT2D eigenvalue weighted by atomic mass is 9.44. The van der Waals surface area contributed by atoms with Crippen LogP contribution in [0.1, 0.15) is 64.7 Å². The van der Waals surface area contributed by atoms with Gasteiger partial charge in [0, 0.05) is 11.5 Å². The molecule has 0 aromatic heterocycles. The fourth-order valence-corrected chi connectivity index (χ4v) is 8.35. The highest BCUT2D eigenvalue weighted by atomic mass is 16.5. The van der Waals surface area contributed by atoms with Crippen LogP contribution in [0.25, 0.3) is 0 Å². The molecular formula is C23H32O4. The first-order valence-electron chi connectivity index (χ1n) is 11.0. The van der Waals surface area contributed by atoms with Crippen molar-refractivity contribution in [1.29, 1.82) is 0 Å². The van der Waals surface area contributed by atoms with Crippen molar-refractivity contribution in [2.75, 3.05) is 6.61 Å². The second-order valence-electron chi connectivity index (χ2n) is 10.3. The maximum atomic E-state index is 12.4. The number of aldehydes is 1. The van der Waals surface area contributed by atoms with Crippen LogP contribution in [-0.4, -0.2) is 30.1 Å². The van der Waals surface area contributed by atoms with Gasteiger partial charge in [-0.25, -0.2) is 4.79 Å². The molecule has 4 heteroatoms. The summed E-state index contributed by atoms with van der Waals surface area (Å²) in [6.45, 7) is 2.93. The largest absolute Gasteiger partial charge is 0.458 e. The topological polar surface area (TPSA) is 63.6 Å². The second kappa shape index (κ2) is 6.17. The van der Waals surface area contributed by atoms with Crippen LogP contribution in [0.2, 0.25) is 0 Å². The molecule has 5 aliphatic rings. The molecule has 0 bridgehead atoms. The number of carbonyl (C=O) groups is 2. The van der Waals surface area contributed by atoms with Crippen molar-refractivity contribution < 1.29 is 19.4 Å². The summed E-state index contributed by atoms with van der Waals surface area (Å²) in [5.41, 5.74) is 1.27. The fourth-order valence-electron chi connectivity index (χ4n) is 8.35. The number of hydrogen-bond acceptors (Lipinski definition) is 4. The summed E-state index contributed by atoms with van der Waals surface area (Å²) >= 11 is 0. The van der Waals surface area contributed by atoms with Crippen molar-refractivity contribution >= 4 is 12.3 Å². The summed E-state index contributed by atoms with van der Waals surface area (Å²) in [5.74, 6) is 2.45. The van der Waals surface area contributed by atoms with Gasteiger partial charge in [0.15, 0.2) is 0 Å². The van der Waals surface area contributed by atoms with E-state index >= 15 is 0 Å². The summed E-state index contributed by atoms with van der Waals surface area (Å²) < 4.78 is 5.22. The molecule has 148 valence electrons. The maximum Gasteiger partial charge on any atom is 0.331 e. The second-order valence-corrected chi connectivity index (χ2v) is 10.3. The number of rotatable bonds is 2. The van der Waals surface area contributed by atoms with E-state index in [-0.39, 0.29) is 22.9 Å². The quantitative estimate of drug-likeness (QED) is 0.593. The van der Waals surface area contributed by atoms with Crippen molar-refractivity contribution in [3.05, 3.63) is 11.6 Å². The third-order valence-electron chi connectivity index (χ3n) is 9.55. The standard InChI is InChI=1S/C23H32O4/c1-22-8-7-20-17(3-2-15-11-16(25)6-9-23(15,20)13-24)19(22)5-4-18(22)14-10-21(26)27-12-14/h10,13,15-20,25H,2-9,11-12H2,1H3. The Morgan fingerprint density at radius 2 is 1.96 bits per heavy atom. The SMILES string of the molecule is CC12CCC3C(CCC4CC(O)CCC43C=O)C1CCC2C1=CC(=O)OC1. The minimum atomic E-state index is -0.212. The molecule has 0 radical (unpaired) electrons. The van der Waals surface area contributed by atoms with E-state index in [1.807, 2.05) is 0 Å². The Balaban J connectivity index is 1.44. The smallest absolute Gasteiger partial charge is 0.331 e. The molecule has 27 heavy (non-hydrogen) atoms. The molecule has 4 fully saturated rings. The zero-order valence-electron chi connectivity index (χ0n) is 16.4. The predicted octanol–water partition coefficient (Wildman–Crippen LogP) is 3.67. The number of hydrogen-bond donors (Lipinski definition) is 1. The van der Waals surface area contributed by atoms with Crippen molar-refractivity contribution in [3.63, 3.8) is 0 Å². The number of esters is 1. The average Bonchev–Trinajstić information content (AvgIpc) is 3.23. The van der Waals surface area contributed by atoms with Crippen LogP contribution < -0.4 is 0 Å². The van der Waals surface area contributed by atoms with E-state index in [2.05, 4.69) is 6.92 Å². The van der Waals surface area contributed by atoms with Crippen molar-refractivity contribution in [2.24, 2.45) is 40.4 Å². The van der Waals surface area contributed by atoms with Gasteiger partial charge in [-0.2, -0.15) is 0 Å². The van der Waals surface area contributed by atoms with Crippen LogP contribution in [-0.2, 0) is 14.3 Å². The molecule has 4 aliphatic carbocycles. The average molecular weight is 373 g/mol. The normalized spacial score (nSPS) is 51.6. The number of ether oxygens (including phenoxy) is 1. The Morgan fingerprint density at radius 3 is 2.70 bits per heavy atom. The molecule has 4 nitrogen and oxygen atoms in total. The van der Waals surface area contributed by atoms with Crippen LogP contribution in [0.5, 0.6) is 0 Å². The van der Waals surface area contributed by atoms with Gasteiger partial charge in [0.2, 0.25) is 0 Å². The van der Waals surface area contributed by atoms with Crippen molar-refractivity contribution in [1.82, 2.24) is 0 Å². The van der Waals surface area contributed by atoms with Gasteiger partial charge < -0.3 is 14.6 Å². The van der Waals surface area contributed by atoms with E-state index in [1.54, 1.807) is 6.08 Å². The summed E-state index contributed by atoms with van der Waals surface area (Å²) in [6, 6.07) is 0. The predicted molar refractivity (Wildman–Crippen MR) is 101 cm³/mol. The zero-order chi connectivity index (χ0) is 18.8. The molecule has 0 amide bonds. The molecule has 0 aromatic carbocycles. The number of aliphatic hydroxyl groups is 1. The molecular weight excluding hydrogens is 340 g/mol. The molecule has 1 heterocycles. The van der Waals surface area contributed by atoms with Crippen LogP contribution >= 0.6 is 0 Å². The summed E-state index contributed by atoms with van der Waals surface area (Å²) in [5, 5.41) is 10.2. The van der Waals surface area contributed by atoms with Gasteiger partial charge in [-0.15, -0.1) is 0 Å². The van der Waals surface area contributed by atoms with Crippen molar-refractivity contribution in [2.45, 2.75) is 70.8 Å². The first-order valence-corrected chi connectivity index (χ1v) is 11.0. The van der Waals surface area contributed by atoms with Crippen LogP contribution in [0, 0.1) is 40.4 Å². The van der Waals surface area contributed by atoms with Gasteiger partial charge in [0.05, 0.1) is 6.10 Å². The monoisotopic (exact) mass is 372 g/mol. The zero-order valence-corrected chi connectivity index (χ0v) is 16.4. The first kappa shape index (κ1) is 17.9. The minimum absolute atomic E-state index is 0.174. The lowest BCUT2D eigenvalue weighted by Gasteiger charge is -2.60. The van der Waals surface area contributed by atoms with E-state index < -0.39 is 0 Å². The van der Waals surface area contributed by atoms with Gasteiger partial charge in [-0.3, -0.25) is 0 Å². The Bertz CT molecular complexity index is 684. The van der Waals surface area contributed by atoms with Crippen molar-refractivity contribution in [3.8, 4) is 0 Å². The first-order chi connectivity index (χ1) is 13.0. The highest BCUT2D eigenvalue weighted by Gasteiger charge is 2.62. The Kier molecular flexibility index (Phi) is 4.09. The molecule has 5 rings (SSSR count).